The van der Waals surface area contributed by atoms with Gasteiger partial charge in [0.15, 0.2) is 17.3 Å². The number of ether oxygens (including phenoxy) is 2. The first kappa shape index (κ1) is 15.7. The maximum Gasteiger partial charge on any atom is 0.307 e. The molecule has 1 aromatic rings. The number of hydrogen-bond donors (Lipinski definition) is 2. The summed E-state index contributed by atoms with van der Waals surface area (Å²) in [6.45, 7) is 1.45. The third kappa shape index (κ3) is 2.47. The van der Waals surface area contributed by atoms with Gasteiger partial charge >= 0.3 is 5.97 Å². The quantitative estimate of drug-likeness (QED) is 0.641. The highest BCUT2D eigenvalue weighted by Crippen LogP contribution is 2.48. The molecular formula is C18H17NO6. The maximum absolute atomic E-state index is 12.8. The van der Waals surface area contributed by atoms with Crippen LogP contribution in [-0.2, 0) is 9.59 Å². The van der Waals surface area contributed by atoms with Crippen molar-refractivity contribution in [2.75, 3.05) is 12.1 Å². The van der Waals surface area contributed by atoms with Crippen LogP contribution >= 0.6 is 0 Å². The van der Waals surface area contributed by atoms with Gasteiger partial charge in [-0.15, -0.1) is 0 Å². The van der Waals surface area contributed by atoms with Crippen molar-refractivity contribution in [2.24, 2.45) is 23.7 Å². The van der Waals surface area contributed by atoms with E-state index in [0.717, 1.165) is 0 Å². The van der Waals surface area contributed by atoms with Gasteiger partial charge in [-0.25, -0.2) is 0 Å². The van der Waals surface area contributed by atoms with Crippen LogP contribution in [0.1, 0.15) is 23.7 Å². The standard InChI is InChI=1S/C18H17NO6/c1-8(20)11-5-13-14(25-7-24-13)6-12(11)19-17(21)15-9-2-3-10(4-9)16(15)18(22)23/h2-3,5-6,9-10,15-16H,4,7H2,1H3,(H,19,21)(H,22,23)/t9-,10-,15-,16+/m0/s1. The first-order chi connectivity index (χ1) is 12.0. The van der Waals surface area contributed by atoms with Crippen molar-refractivity contribution >= 4 is 23.3 Å². The number of carbonyl (C=O) groups excluding carboxylic acids is 2. The third-order valence-corrected chi connectivity index (χ3v) is 5.20. The maximum atomic E-state index is 12.8. The summed E-state index contributed by atoms with van der Waals surface area (Å²) in [5, 5.41) is 12.2. The van der Waals surface area contributed by atoms with E-state index in [4.69, 9.17) is 9.47 Å². The molecule has 0 aromatic heterocycles. The van der Waals surface area contributed by atoms with Crippen molar-refractivity contribution in [2.45, 2.75) is 13.3 Å². The van der Waals surface area contributed by atoms with Crippen LogP contribution in [0.25, 0.3) is 0 Å². The Bertz CT molecular complexity index is 814. The smallest absolute Gasteiger partial charge is 0.307 e. The Balaban J connectivity index is 1.64. The number of nitrogens with one attached hydrogen (secondary N) is 1. The highest BCUT2D eigenvalue weighted by Gasteiger charge is 2.51. The topological polar surface area (TPSA) is 102 Å². The minimum Gasteiger partial charge on any atom is -0.481 e. The molecule has 7 heteroatoms. The normalized spacial score (nSPS) is 28.2. The Hall–Kier alpha value is -2.83. The van der Waals surface area contributed by atoms with Gasteiger partial charge in [0.05, 0.1) is 17.5 Å². The Kier molecular flexibility index (Phi) is 3.52. The number of carboxylic acids is 1. The molecule has 0 unspecified atom stereocenters. The van der Waals surface area contributed by atoms with E-state index < -0.39 is 17.8 Å². The summed E-state index contributed by atoms with van der Waals surface area (Å²) in [5.74, 6) is -2.24. The van der Waals surface area contributed by atoms with E-state index in [1.165, 1.54) is 13.0 Å². The predicted molar refractivity (Wildman–Crippen MR) is 86.6 cm³/mol. The molecule has 1 aliphatic heterocycles. The minimum absolute atomic E-state index is 0.0579. The van der Waals surface area contributed by atoms with Crippen molar-refractivity contribution in [3.05, 3.63) is 29.8 Å². The lowest BCUT2D eigenvalue weighted by atomic mass is 9.82. The number of ketones is 1. The van der Waals surface area contributed by atoms with Gasteiger partial charge in [0.25, 0.3) is 0 Å². The molecule has 1 saturated carbocycles. The van der Waals surface area contributed by atoms with E-state index in [2.05, 4.69) is 5.32 Å². The van der Waals surface area contributed by atoms with Crippen molar-refractivity contribution < 1.29 is 29.0 Å². The van der Waals surface area contributed by atoms with Gasteiger partial charge in [-0.1, -0.05) is 12.2 Å². The largest absolute Gasteiger partial charge is 0.481 e. The second kappa shape index (κ2) is 5.61. The van der Waals surface area contributed by atoms with Crippen LogP contribution in [-0.4, -0.2) is 29.6 Å². The van der Waals surface area contributed by atoms with E-state index in [0.29, 0.717) is 29.2 Å². The molecule has 4 atom stereocenters. The van der Waals surface area contributed by atoms with Crippen molar-refractivity contribution in [1.82, 2.24) is 0 Å². The van der Waals surface area contributed by atoms with Crippen molar-refractivity contribution in [3.8, 4) is 11.5 Å². The number of amides is 1. The zero-order valence-electron chi connectivity index (χ0n) is 13.5. The monoisotopic (exact) mass is 343 g/mol. The van der Waals surface area contributed by atoms with E-state index in [9.17, 15) is 19.5 Å². The SMILES string of the molecule is CC(=O)c1cc2c(cc1NC(=O)[C@@H]1[C@H](C(=O)O)[C@H]3C=C[C@H]1C3)OCO2. The summed E-state index contributed by atoms with van der Waals surface area (Å²) in [5.41, 5.74) is 0.626. The van der Waals surface area contributed by atoms with E-state index in [-0.39, 0.29) is 30.3 Å². The number of anilines is 1. The molecule has 1 fully saturated rings. The molecule has 25 heavy (non-hydrogen) atoms. The van der Waals surface area contributed by atoms with Crippen LogP contribution in [0.5, 0.6) is 11.5 Å². The number of carbonyl (C=O) groups is 3. The lowest BCUT2D eigenvalue weighted by molar-refractivity contribution is -0.146. The number of carboxylic acid groups (broad SMARTS) is 1. The zero-order chi connectivity index (χ0) is 17.7. The fourth-order valence-electron chi connectivity index (χ4n) is 4.07. The van der Waals surface area contributed by atoms with Crippen LogP contribution in [0.3, 0.4) is 0 Å². The fourth-order valence-corrected chi connectivity index (χ4v) is 4.07. The number of Topliss-reactive ketones (excluding diaryl/α,β-unsaturated/α-hetero) is 1. The van der Waals surface area contributed by atoms with Crippen LogP contribution in [0.4, 0.5) is 5.69 Å². The molecule has 2 N–H and O–H groups in total. The molecule has 0 spiro atoms. The predicted octanol–water partition coefficient (Wildman–Crippen LogP) is 2.08. The molecule has 1 amide bonds. The van der Waals surface area contributed by atoms with Gasteiger partial charge in [-0.3, -0.25) is 14.4 Å². The highest BCUT2D eigenvalue weighted by atomic mass is 16.7. The average molecular weight is 343 g/mol. The van der Waals surface area contributed by atoms with Gasteiger partial charge < -0.3 is 19.9 Å². The van der Waals surface area contributed by atoms with E-state index in [1.807, 2.05) is 12.2 Å². The first-order valence-electron chi connectivity index (χ1n) is 8.12. The molecule has 1 aromatic carbocycles. The molecule has 4 rings (SSSR count). The Morgan fingerprint density at radius 1 is 1.08 bits per heavy atom. The molecule has 0 radical (unpaired) electrons. The highest BCUT2D eigenvalue weighted by molar-refractivity contribution is 6.05. The van der Waals surface area contributed by atoms with Crippen LogP contribution in [0.15, 0.2) is 24.3 Å². The summed E-state index contributed by atoms with van der Waals surface area (Å²) in [4.78, 5) is 36.3. The van der Waals surface area contributed by atoms with Crippen molar-refractivity contribution in [3.63, 3.8) is 0 Å². The van der Waals surface area contributed by atoms with Crippen LogP contribution < -0.4 is 14.8 Å². The summed E-state index contributed by atoms with van der Waals surface area (Å²) in [6.07, 6.45) is 4.48. The molecule has 0 saturated heterocycles. The fraction of sp³-hybridized carbons (Fsp3) is 0.389. The first-order valence-corrected chi connectivity index (χ1v) is 8.12. The molecular weight excluding hydrogens is 326 g/mol. The van der Waals surface area contributed by atoms with Gasteiger partial charge in [0.2, 0.25) is 12.7 Å². The van der Waals surface area contributed by atoms with Gasteiger partial charge in [0.1, 0.15) is 0 Å². The Labute approximate surface area is 143 Å². The van der Waals surface area contributed by atoms with Crippen LogP contribution in [0, 0.1) is 23.7 Å². The van der Waals surface area contributed by atoms with Crippen LogP contribution in [0.2, 0.25) is 0 Å². The van der Waals surface area contributed by atoms with Gasteiger partial charge in [0, 0.05) is 11.6 Å². The molecule has 130 valence electrons. The lowest BCUT2D eigenvalue weighted by Gasteiger charge is -2.24. The number of benzene rings is 1. The average Bonchev–Trinajstić information content (AvgIpc) is 3.28. The molecule has 2 aliphatic carbocycles. The zero-order valence-corrected chi connectivity index (χ0v) is 13.5. The van der Waals surface area contributed by atoms with Crippen molar-refractivity contribution in [1.29, 1.82) is 0 Å². The van der Waals surface area contributed by atoms with E-state index in [1.54, 1.807) is 6.07 Å². The number of aliphatic carboxylic acids is 1. The Morgan fingerprint density at radius 3 is 2.36 bits per heavy atom. The number of allylic oxidation sites excluding steroid dienone is 2. The number of fused-ring (bicyclic) bond motifs is 3. The second-order valence-corrected chi connectivity index (χ2v) is 6.63. The van der Waals surface area contributed by atoms with E-state index >= 15 is 0 Å². The van der Waals surface area contributed by atoms with Gasteiger partial charge in [-0.05, 0) is 31.2 Å². The number of hydrogen-bond acceptors (Lipinski definition) is 5. The minimum atomic E-state index is -0.963. The molecule has 7 nitrogen and oxygen atoms in total. The summed E-state index contributed by atoms with van der Waals surface area (Å²) < 4.78 is 10.6. The summed E-state index contributed by atoms with van der Waals surface area (Å²) >= 11 is 0. The third-order valence-electron chi connectivity index (χ3n) is 5.20. The van der Waals surface area contributed by atoms with Gasteiger partial charge in [-0.2, -0.15) is 0 Å². The second-order valence-electron chi connectivity index (χ2n) is 6.63. The Morgan fingerprint density at radius 2 is 1.72 bits per heavy atom. The summed E-state index contributed by atoms with van der Waals surface area (Å²) in [7, 11) is 0. The lowest BCUT2D eigenvalue weighted by Crippen LogP contribution is -2.36. The summed E-state index contributed by atoms with van der Waals surface area (Å²) in [6, 6.07) is 3.09. The number of rotatable bonds is 4. The molecule has 2 bridgehead atoms. The molecule has 1 heterocycles. The molecule has 3 aliphatic rings.